The Bertz CT molecular complexity index is 786. The number of carboxylic acid groups (broad SMARTS) is 2. The fraction of sp³-hybridized carbons (Fsp3) is 0.467. The Labute approximate surface area is 178 Å². The monoisotopic (exact) mass is 494 g/mol. The van der Waals surface area contributed by atoms with Gasteiger partial charge in [-0.05, 0) is 22.4 Å². The molecule has 4 amide bonds. The molecule has 2 atom stereocenters. The Morgan fingerprint density at radius 2 is 1.83 bits per heavy atom. The lowest BCUT2D eigenvalue weighted by Gasteiger charge is -2.25. The van der Waals surface area contributed by atoms with Gasteiger partial charge in [-0.1, -0.05) is 0 Å². The molecule has 160 valence electrons. The van der Waals surface area contributed by atoms with Crippen molar-refractivity contribution in [3.05, 3.63) is 10.1 Å². The first kappa shape index (κ1) is 24.6. The van der Waals surface area contributed by atoms with E-state index in [9.17, 15) is 33.9 Å². The van der Waals surface area contributed by atoms with Gasteiger partial charge < -0.3 is 26.6 Å². The average Bonchev–Trinajstić information content (AvgIpc) is 2.88. The quantitative estimate of drug-likeness (QED) is 0.123. The molecule has 0 fully saturated rings. The standard InChI is InChI=1S/C15H19BrN4O8S/c16-10-6(11(24)20-13(10)26)3-15(17,14(27)28)2-1-8(21)19-7(5-29)12(25)18-4-9(22)23/h7,29H,1-5,17H2,(H,18,25)(H,19,21)(H,22,23)(H,27,28)(H,20,24,26). The van der Waals surface area contributed by atoms with Gasteiger partial charge in [-0.25, -0.2) is 0 Å². The summed E-state index contributed by atoms with van der Waals surface area (Å²) in [4.78, 5) is 69.2. The molecule has 12 nitrogen and oxygen atoms in total. The van der Waals surface area contributed by atoms with Crippen molar-refractivity contribution in [2.24, 2.45) is 5.73 Å². The molecule has 0 aromatic carbocycles. The fourth-order valence-corrected chi connectivity index (χ4v) is 2.97. The van der Waals surface area contributed by atoms with Crippen molar-refractivity contribution in [2.75, 3.05) is 12.3 Å². The number of hydrogen-bond donors (Lipinski definition) is 7. The average molecular weight is 495 g/mol. The summed E-state index contributed by atoms with van der Waals surface area (Å²) in [5.74, 6) is -5.91. The SMILES string of the molecule is NC(CCC(=O)NC(CS)C(=O)NCC(=O)O)(CC1=C(Br)C(=O)NC1=O)C(=O)O. The second-order valence-corrected chi connectivity index (χ2v) is 7.29. The number of hydrogen-bond acceptors (Lipinski definition) is 8. The van der Waals surface area contributed by atoms with Gasteiger partial charge in [-0.2, -0.15) is 12.6 Å². The van der Waals surface area contributed by atoms with E-state index in [1.807, 2.05) is 5.32 Å². The van der Waals surface area contributed by atoms with Gasteiger partial charge in [0, 0.05) is 24.2 Å². The molecule has 0 saturated carbocycles. The normalized spacial score (nSPS) is 16.7. The fourth-order valence-electron chi connectivity index (χ4n) is 2.30. The predicted molar refractivity (Wildman–Crippen MR) is 104 cm³/mol. The first-order chi connectivity index (χ1) is 13.4. The second kappa shape index (κ2) is 10.4. The van der Waals surface area contributed by atoms with Crippen LogP contribution in [0.3, 0.4) is 0 Å². The molecule has 1 heterocycles. The van der Waals surface area contributed by atoms with Gasteiger partial charge in [0.1, 0.15) is 18.1 Å². The third-order valence-electron chi connectivity index (χ3n) is 3.93. The van der Waals surface area contributed by atoms with Crippen LogP contribution in [0.4, 0.5) is 0 Å². The Kier molecular flexibility index (Phi) is 8.79. The number of halogens is 1. The summed E-state index contributed by atoms with van der Waals surface area (Å²) in [5, 5.41) is 24.4. The number of carbonyl (C=O) groups excluding carboxylic acids is 4. The highest BCUT2D eigenvalue weighted by molar-refractivity contribution is 9.12. The van der Waals surface area contributed by atoms with E-state index in [1.165, 1.54) is 0 Å². The van der Waals surface area contributed by atoms with Gasteiger partial charge in [0.15, 0.2) is 0 Å². The molecule has 29 heavy (non-hydrogen) atoms. The Morgan fingerprint density at radius 3 is 2.28 bits per heavy atom. The van der Waals surface area contributed by atoms with Crippen molar-refractivity contribution < 1.29 is 39.0 Å². The summed E-state index contributed by atoms with van der Waals surface area (Å²) in [6, 6.07) is -1.14. The Morgan fingerprint density at radius 1 is 1.21 bits per heavy atom. The van der Waals surface area contributed by atoms with E-state index in [0.717, 1.165) is 0 Å². The van der Waals surface area contributed by atoms with Gasteiger partial charge >= 0.3 is 11.9 Å². The third kappa shape index (κ3) is 6.83. The van der Waals surface area contributed by atoms with Crippen molar-refractivity contribution >= 4 is 64.1 Å². The van der Waals surface area contributed by atoms with Crippen LogP contribution in [0, 0.1) is 0 Å². The zero-order chi connectivity index (χ0) is 22.4. The zero-order valence-electron chi connectivity index (χ0n) is 14.9. The second-order valence-electron chi connectivity index (χ2n) is 6.13. The number of carbonyl (C=O) groups is 6. The molecule has 1 aliphatic rings. The number of nitrogens with two attached hydrogens (primary N) is 1. The van der Waals surface area contributed by atoms with Crippen molar-refractivity contribution in [1.82, 2.24) is 16.0 Å². The molecule has 7 N–H and O–H groups in total. The molecule has 0 aliphatic carbocycles. The number of thiol groups is 1. The molecule has 1 aliphatic heterocycles. The molecular weight excluding hydrogens is 476 g/mol. The number of rotatable bonds is 11. The topological polar surface area (TPSA) is 205 Å². The first-order valence-electron chi connectivity index (χ1n) is 8.07. The van der Waals surface area contributed by atoms with Gasteiger partial charge in [-0.3, -0.25) is 34.1 Å². The van der Waals surface area contributed by atoms with Crippen LogP contribution in [0.1, 0.15) is 19.3 Å². The summed E-state index contributed by atoms with van der Waals surface area (Å²) in [6.07, 6.45) is -1.34. The van der Waals surface area contributed by atoms with E-state index in [-0.39, 0.29) is 15.8 Å². The van der Waals surface area contributed by atoms with Crippen LogP contribution in [0.2, 0.25) is 0 Å². The molecule has 0 bridgehead atoms. The highest BCUT2D eigenvalue weighted by Crippen LogP contribution is 2.28. The largest absolute Gasteiger partial charge is 0.480 e. The van der Waals surface area contributed by atoms with Crippen LogP contribution in [-0.4, -0.2) is 69.7 Å². The Hall–Kier alpha value is -2.45. The van der Waals surface area contributed by atoms with E-state index in [1.54, 1.807) is 0 Å². The maximum atomic E-state index is 12.1. The molecular formula is C15H19BrN4O8S. The van der Waals surface area contributed by atoms with Crippen LogP contribution in [0.25, 0.3) is 0 Å². The van der Waals surface area contributed by atoms with E-state index in [2.05, 4.69) is 39.2 Å². The van der Waals surface area contributed by atoms with Gasteiger partial charge in [0.2, 0.25) is 11.8 Å². The van der Waals surface area contributed by atoms with Crippen LogP contribution in [0.5, 0.6) is 0 Å². The maximum absolute atomic E-state index is 12.1. The third-order valence-corrected chi connectivity index (χ3v) is 5.13. The summed E-state index contributed by atoms with van der Waals surface area (Å²) < 4.78 is -0.131. The van der Waals surface area contributed by atoms with Crippen LogP contribution in [0.15, 0.2) is 10.1 Å². The lowest BCUT2D eigenvalue weighted by atomic mass is 9.87. The van der Waals surface area contributed by atoms with Crippen molar-refractivity contribution in [2.45, 2.75) is 30.8 Å². The summed E-state index contributed by atoms with van der Waals surface area (Å²) in [7, 11) is 0. The molecule has 0 aromatic rings. The van der Waals surface area contributed by atoms with Crippen LogP contribution in [-0.2, 0) is 28.8 Å². The minimum atomic E-state index is -2.03. The number of carboxylic acids is 2. The van der Waals surface area contributed by atoms with E-state index < -0.39 is 73.0 Å². The van der Waals surface area contributed by atoms with Crippen LogP contribution >= 0.6 is 28.6 Å². The highest BCUT2D eigenvalue weighted by Gasteiger charge is 2.40. The molecule has 0 radical (unpaired) electrons. The van der Waals surface area contributed by atoms with Crippen molar-refractivity contribution in [3.8, 4) is 0 Å². The van der Waals surface area contributed by atoms with Gasteiger partial charge in [-0.15, -0.1) is 0 Å². The Balaban J connectivity index is 2.75. The van der Waals surface area contributed by atoms with Crippen molar-refractivity contribution in [1.29, 1.82) is 0 Å². The van der Waals surface area contributed by atoms with Crippen molar-refractivity contribution in [3.63, 3.8) is 0 Å². The number of amides is 4. The minimum Gasteiger partial charge on any atom is -0.480 e. The summed E-state index contributed by atoms with van der Waals surface area (Å²) in [5.41, 5.74) is 3.67. The minimum absolute atomic E-state index is 0.131. The van der Waals surface area contributed by atoms with Gasteiger partial charge in [0.25, 0.3) is 11.8 Å². The first-order valence-corrected chi connectivity index (χ1v) is 9.50. The molecule has 0 saturated heterocycles. The maximum Gasteiger partial charge on any atom is 0.324 e. The lowest BCUT2D eigenvalue weighted by Crippen LogP contribution is -2.51. The van der Waals surface area contributed by atoms with E-state index in [0.29, 0.717) is 0 Å². The molecule has 0 aromatic heterocycles. The summed E-state index contributed by atoms with van der Waals surface area (Å²) in [6.45, 7) is -0.644. The van der Waals surface area contributed by atoms with Gasteiger partial charge in [0.05, 0.1) is 4.48 Å². The molecule has 1 rings (SSSR count). The lowest BCUT2D eigenvalue weighted by molar-refractivity contribution is -0.144. The smallest absolute Gasteiger partial charge is 0.324 e. The highest BCUT2D eigenvalue weighted by atomic mass is 79.9. The zero-order valence-corrected chi connectivity index (χ0v) is 17.3. The predicted octanol–water partition coefficient (Wildman–Crippen LogP) is -2.14. The molecule has 14 heteroatoms. The number of imide groups is 1. The summed E-state index contributed by atoms with van der Waals surface area (Å²) >= 11 is 6.81. The van der Waals surface area contributed by atoms with E-state index >= 15 is 0 Å². The van der Waals surface area contributed by atoms with Crippen LogP contribution < -0.4 is 21.7 Å². The van der Waals surface area contributed by atoms with E-state index in [4.69, 9.17) is 10.8 Å². The number of aliphatic carboxylic acids is 2. The molecule has 2 unspecified atom stereocenters. The number of nitrogens with one attached hydrogen (secondary N) is 3. The molecule has 0 spiro atoms.